The van der Waals surface area contributed by atoms with Crippen LogP contribution in [-0.4, -0.2) is 28.0 Å². The van der Waals surface area contributed by atoms with Crippen molar-refractivity contribution in [2.75, 3.05) is 0 Å². The van der Waals surface area contributed by atoms with Gasteiger partial charge in [0.05, 0.1) is 5.56 Å². The van der Waals surface area contributed by atoms with Gasteiger partial charge >= 0.3 is 12.1 Å². The Morgan fingerprint density at radius 2 is 1.90 bits per heavy atom. The number of nitrogens with one attached hydrogen (secondary N) is 1. The fourth-order valence-corrected chi connectivity index (χ4v) is 1.42. The molecule has 1 aromatic heterocycles. The number of nitrogens with zero attached hydrogens (tertiary/aromatic N) is 1. The Hall–Kier alpha value is -2.12. The van der Waals surface area contributed by atoms with Crippen LogP contribution < -0.4 is 5.32 Å². The molecule has 2 N–H and O–H groups in total. The molecule has 0 saturated carbocycles. The molecule has 1 aromatic rings. The molecule has 0 saturated heterocycles. The fraction of sp³-hybridized carbons (Fsp3) is 0.417. The Morgan fingerprint density at radius 3 is 2.25 bits per heavy atom. The smallest absolute Gasteiger partial charge is 0.417 e. The molecule has 1 heterocycles. The first kappa shape index (κ1) is 15.9. The summed E-state index contributed by atoms with van der Waals surface area (Å²) in [6.07, 6.45) is -4.01. The second-order valence-corrected chi connectivity index (χ2v) is 4.46. The van der Waals surface area contributed by atoms with Crippen LogP contribution in [0.2, 0.25) is 0 Å². The number of hydrogen-bond donors (Lipinski definition) is 2. The number of rotatable bonds is 4. The summed E-state index contributed by atoms with van der Waals surface area (Å²) in [4.78, 5) is 26.0. The topological polar surface area (TPSA) is 79.3 Å². The Balaban J connectivity index is 2.85. The molecular weight excluding hydrogens is 277 g/mol. The average Bonchev–Trinajstić information content (AvgIpc) is 2.34. The van der Waals surface area contributed by atoms with Crippen molar-refractivity contribution in [3.8, 4) is 0 Å². The van der Waals surface area contributed by atoms with E-state index in [-0.39, 0.29) is 11.6 Å². The summed E-state index contributed by atoms with van der Waals surface area (Å²) >= 11 is 0. The second-order valence-electron chi connectivity index (χ2n) is 4.46. The van der Waals surface area contributed by atoms with Gasteiger partial charge in [0.25, 0.3) is 5.91 Å². The molecule has 0 unspecified atom stereocenters. The summed E-state index contributed by atoms with van der Waals surface area (Å²) in [6.45, 7) is 3.19. The summed E-state index contributed by atoms with van der Waals surface area (Å²) in [5, 5.41) is 11.1. The molecule has 0 aromatic carbocycles. The number of carbonyl (C=O) groups is 2. The van der Waals surface area contributed by atoms with E-state index in [1.54, 1.807) is 13.8 Å². The first-order valence-electron chi connectivity index (χ1n) is 5.70. The lowest BCUT2D eigenvalue weighted by molar-refractivity contribution is -0.140. The zero-order valence-electron chi connectivity index (χ0n) is 10.7. The van der Waals surface area contributed by atoms with Crippen molar-refractivity contribution >= 4 is 11.9 Å². The highest BCUT2D eigenvalue weighted by atomic mass is 19.4. The number of carboxylic acids is 1. The number of amides is 1. The van der Waals surface area contributed by atoms with Gasteiger partial charge in [0.15, 0.2) is 0 Å². The van der Waals surface area contributed by atoms with Crippen molar-refractivity contribution < 1.29 is 27.9 Å². The van der Waals surface area contributed by atoms with Gasteiger partial charge in [0.2, 0.25) is 0 Å². The van der Waals surface area contributed by atoms with Crippen LogP contribution in [0.3, 0.4) is 0 Å². The van der Waals surface area contributed by atoms with Crippen LogP contribution in [-0.2, 0) is 11.0 Å². The minimum absolute atomic E-state index is 0.273. The molecule has 8 heteroatoms. The SMILES string of the molecule is CC(C)[C@@H](NC(=O)c1ccc(C(F)(F)F)cn1)C(=O)O. The first-order chi connectivity index (χ1) is 9.12. The van der Waals surface area contributed by atoms with Crippen LogP contribution in [0.15, 0.2) is 18.3 Å². The van der Waals surface area contributed by atoms with Gasteiger partial charge in [-0.3, -0.25) is 9.78 Å². The molecule has 0 aliphatic carbocycles. The van der Waals surface area contributed by atoms with Gasteiger partial charge < -0.3 is 10.4 Å². The molecule has 1 rings (SSSR count). The van der Waals surface area contributed by atoms with Gasteiger partial charge in [0.1, 0.15) is 11.7 Å². The van der Waals surface area contributed by atoms with E-state index >= 15 is 0 Å². The summed E-state index contributed by atoms with van der Waals surface area (Å²) in [5.74, 6) is -2.43. The predicted molar refractivity (Wildman–Crippen MR) is 63.0 cm³/mol. The van der Waals surface area contributed by atoms with Gasteiger partial charge in [0, 0.05) is 6.20 Å². The molecule has 5 nitrogen and oxygen atoms in total. The quantitative estimate of drug-likeness (QED) is 0.888. The summed E-state index contributed by atoms with van der Waals surface area (Å²) in [5.41, 5.74) is -1.25. The maximum Gasteiger partial charge on any atom is 0.417 e. The Kier molecular flexibility index (Phi) is 4.69. The Morgan fingerprint density at radius 1 is 1.30 bits per heavy atom. The molecule has 20 heavy (non-hydrogen) atoms. The van der Waals surface area contributed by atoms with Crippen LogP contribution in [0.25, 0.3) is 0 Å². The van der Waals surface area contributed by atoms with E-state index in [0.717, 1.165) is 6.07 Å². The lowest BCUT2D eigenvalue weighted by Crippen LogP contribution is -2.44. The number of carbonyl (C=O) groups excluding carboxylic acids is 1. The summed E-state index contributed by atoms with van der Waals surface area (Å²) in [7, 11) is 0. The van der Waals surface area contributed by atoms with Gasteiger partial charge in [-0.1, -0.05) is 13.8 Å². The van der Waals surface area contributed by atoms with Crippen molar-refractivity contribution in [2.45, 2.75) is 26.1 Å². The molecule has 0 radical (unpaired) electrons. The van der Waals surface area contributed by atoms with E-state index in [1.165, 1.54) is 0 Å². The summed E-state index contributed by atoms with van der Waals surface area (Å²) < 4.78 is 37.0. The van der Waals surface area contributed by atoms with Crippen molar-refractivity contribution in [2.24, 2.45) is 5.92 Å². The normalized spacial score (nSPS) is 13.1. The van der Waals surface area contributed by atoms with E-state index in [2.05, 4.69) is 10.3 Å². The molecule has 110 valence electrons. The minimum Gasteiger partial charge on any atom is -0.480 e. The second kappa shape index (κ2) is 5.89. The highest BCUT2D eigenvalue weighted by Gasteiger charge is 2.31. The maximum atomic E-state index is 12.3. The number of aromatic nitrogens is 1. The van der Waals surface area contributed by atoms with E-state index in [0.29, 0.717) is 12.3 Å². The lowest BCUT2D eigenvalue weighted by Gasteiger charge is -2.17. The minimum atomic E-state index is -4.54. The zero-order valence-corrected chi connectivity index (χ0v) is 10.7. The third-order valence-electron chi connectivity index (χ3n) is 2.54. The van der Waals surface area contributed by atoms with Crippen molar-refractivity contribution in [3.05, 3.63) is 29.6 Å². The average molecular weight is 290 g/mol. The van der Waals surface area contributed by atoms with Crippen molar-refractivity contribution in [1.29, 1.82) is 0 Å². The van der Waals surface area contributed by atoms with Gasteiger partial charge in [-0.05, 0) is 18.1 Å². The van der Waals surface area contributed by atoms with Crippen molar-refractivity contribution in [3.63, 3.8) is 0 Å². The fourth-order valence-electron chi connectivity index (χ4n) is 1.42. The molecule has 0 spiro atoms. The van der Waals surface area contributed by atoms with Crippen LogP contribution in [0.1, 0.15) is 29.9 Å². The van der Waals surface area contributed by atoms with Crippen LogP contribution in [0, 0.1) is 5.92 Å². The lowest BCUT2D eigenvalue weighted by atomic mass is 10.0. The largest absolute Gasteiger partial charge is 0.480 e. The predicted octanol–water partition coefficient (Wildman–Crippen LogP) is 1.94. The number of alkyl halides is 3. The number of hydrogen-bond acceptors (Lipinski definition) is 3. The Bertz CT molecular complexity index is 498. The van der Waals surface area contributed by atoms with Gasteiger partial charge in [-0.2, -0.15) is 13.2 Å². The molecular formula is C12H13F3N2O3. The van der Waals surface area contributed by atoms with E-state index < -0.39 is 29.7 Å². The number of carboxylic acid groups (broad SMARTS) is 1. The number of aliphatic carboxylic acids is 1. The first-order valence-corrected chi connectivity index (χ1v) is 5.70. The van der Waals surface area contributed by atoms with E-state index in [1.807, 2.05) is 0 Å². The highest BCUT2D eigenvalue weighted by Crippen LogP contribution is 2.28. The van der Waals surface area contributed by atoms with Crippen LogP contribution in [0.5, 0.6) is 0 Å². The Labute approximate surface area is 112 Å². The number of halogens is 3. The van der Waals surface area contributed by atoms with Gasteiger partial charge in [-0.15, -0.1) is 0 Å². The molecule has 0 fully saturated rings. The molecule has 0 aliphatic heterocycles. The third-order valence-corrected chi connectivity index (χ3v) is 2.54. The molecule has 0 aliphatic rings. The van der Waals surface area contributed by atoms with Crippen LogP contribution in [0.4, 0.5) is 13.2 Å². The van der Waals surface area contributed by atoms with E-state index in [4.69, 9.17) is 5.11 Å². The van der Waals surface area contributed by atoms with Crippen LogP contribution >= 0.6 is 0 Å². The standard InChI is InChI=1S/C12H13F3N2O3/c1-6(2)9(11(19)20)17-10(18)8-4-3-7(5-16-8)12(13,14)15/h3-6,9H,1-2H3,(H,17,18)(H,19,20)/t9-/m1/s1. The number of pyridine rings is 1. The molecule has 1 atom stereocenters. The molecule has 0 bridgehead atoms. The van der Waals surface area contributed by atoms with Gasteiger partial charge in [-0.25, -0.2) is 4.79 Å². The summed E-state index contributed by atoms with van der Waals surface area (Å²) in [6, 6.07) is 0.483. The maximum absolute atomic E-state index is 12.3. The zero-order chi connectivity index (χ0) is 15.5. The monoisotopic (exact) mass is 290 g/mol. The highest BCUT2D eigenvalue weighted by molar-refractivity contribution is 5.95. The molecule has 1 amide bonds. The third kappa shape index (κ3) is 3.94. The van der Waals surface area contributed by atoms with E-state index in [9.17, 15) is 22.8 Å². The van der Waals surface area contributed by atoms with Crippen molar-refractivity contribution in [1.82, 2.24) is 10.3 Å².